The van der Waals surface area contributed by atoms with Crippen molar-refractivity contribution in [2.24, 2.45) is 28.6 Å². The number of hydrogen-bond acceptors (Lipinski definition) is 11. The van der Waals surface area contributed by atoms with E-state index in [1.165, 1.54) is 0 Å². The number of ketones is 2. The molecule has 0 aromatic rings. The van der Waals surface area contributed by atoms with Crippen molar-refractivity contribution in [1.82, 2.24) is 0 Å². The fourth-order valence-corrected chi connectivity index (χ4v) is 7.44. The van der Waals surface area contributed by atoms with Crippen LogP contribution in [-0.2, 0) is 28.6 Å². The van der Waals surface area contributed by atoms with Crippen molar-refractivity contribution in [1.29, 1.82) is 0 Å². The molecule has 0 aliphatic heterocycles. The van der Waals surface area contributed by atoms with E-state index in [4.69, 9.17) is 14.2 Å². The predicted molar refractivity (Wildman–Crippen MR) is 129 cm³/mol. The van der Waals surface area contributed by atoms with Crippen LogP contribution < -0.4 is 0 Å². The first-order valence-electron chi connectivity index (χ1n) is 12.9. The lowest BCUT2D eigenvalue weighted by Gasteiger charge is -2.58. The van der Waals surface area contributed by atoms with E-state index in [2.05, 4.69) is 17.8 Å². The molecule has 0 bridgehead atoms. The molecule has 0 unspecified atom stereocenters. The third-order valence-corrected chi connectivity index (χ3v) is 9.26. The van der Waals surface area contributed by atoms with Gasteiger partial charge in [0, 0.05) is 23.2 Å². The van der Waals surface area contributed by atoms with Crippen LogP contribution >= 0.6 is 0 Å². The molecule has 0 radical (unpaired) electrons. The molecule has 2 N–H and O–H groups in total. The third kappa shape index (κ3) is 4.96. The highest BCUT2D eigenvalue weighted by Gasteiger charge is 2.68. The lowest BCUT2D eigenvalue weighted by atomic mass is 9.47. The van der Waals surface area contributed by atoms with Gasteiger partial charge >= 0.3 is 6.16 Å². The highest BCUT2D eigenvalue weighted by Crippen LogP contribution is 2.66. The smallest absolute Gasteiger partial charge is 0.432 e. The van der Waals surface area contributed by atoms with Crippen LogP contribution in [0.2, 0.25) is 0 Å². The first kappa shape index (κ1) is 28.2. The van der Waals surface area contributed by atoms with Gasteiger partial charge < -0.3 is 29.3 Å². The Balaban J connectivity index is 1.34. The number of nitrogens with zero attached hydrogens (tertiary/aromatic N) is 1. The number of rotatable bonds is 10. The van der Waals surface area contributed by atoms with Crippen LogP contribution in [0.3, 0.4) is 0 Å². The number of aliphatic hydroxyl groups excluding tert-OH is 1. The maximum Gasteiger partial charge on any atom is 0.508 e. The molecule has 0 saturated heterocycles. The Morgan fingerprint density at radius 3 is 2.66 bits per heavy atom. The molecule has 4 aliphatic carbocycles. The normalized spacial score (nSPS) is 37.4. The van der Waals surface area contributed by atoms with Crippen LogP contribution in [0.5, 0.6) is 0 Å². The summed E-state index contributed by atoms with van der Waals surface area (Å²) in [4.78, 5) is 51.2. The summed E-state index contributed by atoms with van der Waals surface area (Å²) in [6.07, 6.45) is 5.74. The molecular formula is C26H35NO11. The zero-order valence-corrected chi connectivity index (χ0v) is 21.6. The van der Waals surface area contributed by atoms with Crippen LogP contribution in [0.15, 0.2) is 23.8 Å². The number of fused-ring (bicyclic) bond motifs is 5. The minimum absolute atomic E-state index is 0.0267. The number of carbonyl (C=O) groups is 3. The van der Waals surface area contributed by atoms with E-state index in [-0.39, 0.29) is 62.8 Å². The van der Waals surface area contributed by atoms with Gasteiger partial charge in [-0.2, -0.15) is 0 Å². The summed E-state index contributed by atoms with van der Waals surface area (Å²) in [6.45, 7) is 2.65. The molecule has 0 heterocycles. The second-order valence-electron chi connectivity index (χ2n) is 11.1. The number of allylic oxidation sites excluding steroid dienone is 4. The van der Waals surface area contributed by atoms with E-state index < -0.39 is 46.2 Å². The van der Waals surface area contributed by atoms with Crippen molar-refractivity contribution in [3.8, 4) is 0 Å². The molecule has 38 heavy (non-hydrogen) atoms. The Labute approximate surface area is 220 Å². The largest absolute Gasteiger partial charge is 0.508 e. The Bertz CT molecular complexity index is 1040. The molecule has 2 fully saturated rings. The number of Topliss-reactive ketones (excluding diaryl/α,β-unsaturated/α-hetero) is 1. The summed E-state index contributed by atoms with van der Waals surface area (Å²) < 4.78 is 14.8. The van der Waals surface area contributed by atoms with E-state index in [0.717, 1.165) is 5.57 Å². The SMILES string of the molecule is C[C@]12C=CC(=O)CC1=CC[C@@H]1[C@@H]2[C@@H](O)C[C@@]2(C)[C@H]1CC[C@]2(O)C(=O)COC(=O)OCCOCCO[N+](=O)[O-]. The topological polar surface area (TPSA) is 172 Å². The van der Waals surface area contributed by atoms with Crippen molar-refractivity contribution >= 4 is 17.7 Å². The molecule has 210 valence electrons. The summed E-state index contributed by atoms with van der Waals surface area (Å²) in [7, 11) is 0. The van der Waals surface area contributed by atoms with Crippen LogP contribution in [0.1, 0.15) is 46.0 Å². The van der Waals surface area contributed by atoms with E-state index >= 15 is 0 Å². The van der Waals surface area contributed by atoms with E-state index in [1.807, 2.05) is 13.0 Å². The second kappa shape index (κ2) is 10.7. The van der Waals surface area contributed by atoms with Crippen molar-refractivity contribution in [2.75, 3.05) is 33.0 Å². The minimum atomic E-state index is -1.77. The lowest BCUT2D eigenvalue weighted by molar-refractivity contribution is -0.758. The molecular weight excluding hydrogens is 502 g/mol. The van der Waals surface area contributed by atoms with E-state index in [0.29, 0.717) is 19.3 Å². The molecule has 12 nitrogen and oxygen atoms in total. The maximum absolute atomic E-state index is 13.2. The Kier molecular flexibility index (Phi) is 7.96. The fourth-order valence-electron chi connectivity index (χ4n) is 7.44. The van der Waals surface area contributed by atoms with Gasteiger partial charge in [-0.25, -0.2) is 4.79 Å². The van der Waals surface area contributed by atoms with Crippen LogP contribution in [-0.4, -0.2) is 77.8 Å². The average molecular weight is 538 g/mol. The molecule has 7 atom stereocenters. The van der Waals surface area contributed by atoms with E-state index in [9.17, 15) is 34.7 Å². The first-order chi connectivity index (χ1) is 17.9. The Hall–Kier alpha value is -2.83. The molecule has 4 rings (SSSR count). The molecule has 0 amide bonds. The van der Waals surface area contributed by atoms with Crippen LogP contribution in [0.25, 0.3) is 0 Å². The van der Waals surface area contributed by atoms with Gasteiger partial charge in [0.1, 0.15) is 18.8 Å². The monoisotopic (exact) mass is 537 g/mol. The van der Waals surface area contributed by atoms with Crippen molar-refractivity contribution in [2.45, 2.75) is 57.7 Å². The van der Waals surface area contributed by atoms with Gasteiger partial charge in [-0.3, -0.25) is 9.59 Å². The Morgan fingerprint density at radius 1 is 1.18 bits per heavy atom. The zero-order chi connectivity index (χ0) is 27.7. The highest BCUT2D eigenvalue weighted by atomic mass is 17.0. The number of hydrogen-bond donors (Lipinski definition) is 2. The van der Waals surface area contributed by atoms with Gasteiger partial charge in [0.05, 0.1) is 19.3 Å². The molecule has 0 spiro atoms. The fraction of sp³-hybridized carbons (Fsp3) is 0.731. The summed E-state index contributed by atoms with van der Waals surface area (Å²) in [5.74, 6) is -0.717. The van der Waals surface area contributed by atoms with Gasteiger partial charge in [0.15, 0.2) is 12.4 Å². The standard InChI is InChI=1S/C26H35NO11/c1-24-7-5-17(28)13-16(24)3-4-18-19-6-8-26(32,25(19,2)14-20(29)22(18)24)21(30)15-37-23(31)36-11-9-35-10-12-38-27(33)34/h3,5,7,18-20,22,29,32H,4,6,8-15H2,1-2H3/t18-,19-,20-,22+,24-,25-,26-/m0/s1. The van der Waals surface area contributed by atoms with Crippen LogP contribution in [0, 0.1) is 38.7 Å². The average Bonchev–Trinajstić information content (AvgIpc) is 3.13. The van der Waals surface area contributed by atoms with E-state index in [1.54, 1.807) is 6.08 Å². The highest BCUT2D eigenvalue weighted by molar-refractivity contribution is 5.93. The zero-order valence-electron chi connectivity index (χ0n) is 21.6. The minimum Gasteiger partial charge on any atom is -0.432 e. The predicted octanol–water partition coefficient (Wildman–Crippen LogP) is 1.94. The van der Waals surface area contributed by atoms with Gasteiger partial charge in [-0.1, -0.05) is 31.6 Å². The summed E-state index contributed by atoms with van der Waals surface area (Å²) >= 11 is 0. The second-order valence-corrected chi connectivity index (χ2v) is 11.1. The van der Waals surface area contributed by atoms with Gasteiger partial charge in [-0.15, -0.1) is 10.1 Å². The first-order valence-corrected chi connectivity index (χ1v) is 12.9. The molecule has 0 aromatic carbocycles. The number of aliphatic hydroxyl groups is 2. The van der Waals surface area contributed by atoms with Gasteiger partial charge in [0.25, 0.3) is 5.09 Å². The van der Waals surface area contributed by atoms with Crippen molar-refractivity contribution < 1.29 is 48.7 Å². The lowest BCUT2D eigenvalue weighted by Crippen LogP contribution is -2.61. The maximum atomic E-state index is 13.2. The van der Waals surface area contributed by atoms with Crippen molar-refractivity contribution in [3.05, 3.63) is 33.9 Å². The van der Waals surface area contributed by atoms with Crippen LogP contribution in [0.4, 0.5) is 4.79 Å². The molecule has 2 saturated carbocycles. The molecule has 4 aliphatic rings. The summed E-state index contributed by atoms with van der Waals surface area (Å²) in [6, 6.07) is 0. The van der Waals surface area contributed by atoms with Gasteiger partial charge in [0.2, 0.25) is 5.78 Å². The van der Waals surface area contributed by atoms with Crippen molar-refractivity contribution in [3.63, 3.8) is 0 Å². The molecule has 0 aromatic heterocycles. The quantitative estimate of drug-likeness (QED) is 0.137. The Morgan fingerprint density at radius 2 is 1.92 bits per heavy atom. The number of carbonyl (C=O) groups excluding carboxylic acids is 3. The summed E-state index contributed by atoms with van der Waals surface area (Å²) in [5.41, 5.74) is -2.10. The van der Waals surface area contributed by atoms with Gasteiger partial charge in [-0.05, 0) is 43.6 Å². The summed E-state index contributed by atoms with van der Waals surface area (Å²) in [5, 5.41) is 32.1. The number of ether oxygens (including phenoxy) is 3. The third-order valence-electron chi connectivity index (χ3n) is 9.26. The molecule has 12 heteroatoms.